The van der Waals surface area contributed by atoms with Crippen molar-refractivity contribution in [2.24, 2.45) is 0 Å². The maximum absolute atomic E-state index is 13.8. The molecule has 0 saturated carbocycles. The SMILES string of the molecule is COc1c(C)cc(C(O)c2cc(Cl)ccc2F)cc1C. The van der Waals surface area contributed by atoms with Crippen LogP contribution in [0.25, 0.3) is 0 Å². The second-order valence-electron chi connectivity index (χ2n) is 4.76. The van der Waals surface area contributed by atoms with Gasteiger partial charge in [0.1, 0.15) is 17.7 Å². The second kappa shape index (κ2) is 5.81. The lowest BCUT2D eigenvalue weighted by molar-refractivity contribution is 0.214. The fraction of sp³-hybridized carbons (Fsp3) is 0.250. The van der Waals surface area contributed by atoms with Gasteiger partial charge in [0.25, 0.3) is 0 Å². The topological polar surface area (TPSA) is 29.5 Å². The maximum Gasteiger partial charge on any atom is 0.129 e. The minimum absolute atomic E-state index is 0.168. The molecule has 2 aromatic rings. The highest BCUT2D eigenvalue weighted by Crippen LogP contribution is 2.31. The number of hydrogen-bond acceptors (Lipinski definition) is 2. The van der Waals surface area contributed by atoms with Crippen LogP contribution in [0.2, 0.25) is 5.02 Å². The first kappa shape index (κ1) is 14.8. The maximum atomic E-state index is 13.8. The van der Waals surface area contributed by atoms with Crippen molar-refractivity contribution in [3.8, 4) is 5.75 Å². The van der Waals surface area contributed by atoms with Gasteiger partial charge in [-0.2, -0.15) is 0 Å². The highest BCUT2D eigenvalue weighted by atomic mass is 35.5. The lowest BCUT2D eigenvalue weighted by atomic mass is 9.97. The van der Waals surface area contributed by atoms with Gasteiger partial charge in [0.2, 0.25) is 0 Å². The highest BCUT2D eigenvalue weighted by molar-refractivity contribution is 6.30. The molecule has 0 saturated heterocycles. The number of hydrogen-bond donors (Lipinski definition) is 1. The number of benzene rings is 2. The van der Waals surface area contributed by atoms with Gasteiger partial charge in [-0.1, -0.05) is 11.6 Å². The Labute approximate surface area is 122 Å². The third-order valence-electron chi connectivity index (χ3n) is 3.26. The average molecular weight is 295 g/mol. The van der Waals surface area contributed by atoms with E-state index in [-0.39, 0.29) is 5.56 Å². The van der Waals surface area contributed by atoms with Crippen LogP contribution in [0.1, 0.15) is 28.4 Å². The first-order valence-electron chi connectivity index (χ1n) is 6.22. The molecule has 0 spiro atoms. The largest absolute Gasteiger partial charge is 0.496 e. The molecule has 1 N–H and O–H groups in total. The van der Waals surface area contributed by atoms with Gasteiger partial charge in [-0.05, 0) is 60.9 Å². The summed E-state index contributed by atoms with van der Waals surface area (Å²) in [4.78, 5) is 0. The van der Waals surface area contributed by atoms with Crippen molar-refractivity contribution >= 4 is 11.6 Å². The Kier molecular flexibility index (Phi) is 4.31. The Balaban J connectivity index is 2.48. The van der Waals surface area contributed by atoms with Gasteiger partial charge in [0.15, 0.2) is 0 Å². The zero-order valence-electron chi connectivity index (χ0n) is 11.6. The Morgan fingerprint density at radius 3 is 2.30 bits per heavy atom. The summed E-state index contributed by atoms with van der Waals surface area (Å²) < 4.78 is 19.1. The Morgan fingerprint density at radius 1 is 1.15 bits per heavy atom. The van der Waals surface area contributed by atoms with Crippen molar-refractivity contribution in [2.45, 2.75) is 20.0 Å². The summed E-state index contributed by atoms with van der Waals surface area (Å²) in [5, 5.41) is 10.8. The predicted molar refractivity (Wildman–Crippen MR) is 77.9 cm³/mol. The van der Waals surface area contributed by atoms with Crippen LogP contribution in [-0.2, 0) is 0 Å². The summed E-state index contributed by atoms with van der Waals surface area (Å²) in [7, 11) is 1.60. The fourth-order valence-corrected chi connectivity index (χ4v) is 2.55. The lowest BCUT2D eigenvalue weighted by Crippen LogP contribution is -2.04. The number of aliphatic hydroxyl groups excluding tert-OH is 1. The molecule has 0 heterocycles. The summed E-state index contributed by atoms with van der Waals surface area (Å²) in [6.07, 6.45) is -1.06. The zero-order valence-corrected chi connectivity index (χ0v) is 12.3. The third-order valence-corrected chi connectivity index (χ3v) is 3.49. The second-order valence-corrected chi connectivity index (χ2v) is 5.19. The van der Waals surface area contributed by atoms with E-state index in [0.717, 1.165) is 16.9 Å². The number of rotatable bonds is 3. The fourth-order valence-electron chi connectivity index (χ4n) is 2.37. The Hall–Kier alpha value is -1.58. The average Bonchev–Trinajstić information content (AvgIpc) is 2.40. The molecule has 2 rings (SSSR count). The molecule has 0 amide bonds. The molecule has 0 aliphatic heterocycles. The monoisotopic (exact) mass is 294 g/mol. The van der Waals surface area contributed by atoms with Crippen LogP contribution in [0.3, 0.4) is 0 Å². The van der Waals surface area contributed by atoms with Crippen molar-refractivity contribution in [1.82, 2.24) is 0 Å². The molecule has 20 heavy (non-hydrogen) atoms. The highest BCUT2D eigenvalue weighted by Gasteiger charge is 2.17. The molecule has 0 aromatic heterocycles. The zero-order chi connectivity index (χ0) is 14.9. The molecule has 1 atom stereocenters. The molecule has 0 aliphatic carbocycles. The van der Waals surface area contributed by atoms with E-state index < -0.39 is 11.9 Å². The van der Waals surface area contributed by atoms with Crippen LogP contribution >= 0.6 is 11.6 Å². The van der Waals surface area contributed by atoms with Crippen molar-refractivity contribution in [3.63, 3.8) is 0 Å². The summed E-state index contributed by atoms with van der Waals surface area (Å²) in [5.41, 5.74) is 2.57. The van der Waals surface area contributed by atoms with Crippen LogP contribution < -0.4 is 4.74 Å². The van der Waals surface area contributed by atoms with Crippen molar-refractivity contribution < 1.29 is 14.2 Å². The van der Waals surface area contributed by atoms with Gasteiger partial charge in [-0.25, -0.2) is 4.39 Å². The molecule has 106 valence electrons. The molecule has 4 heteroatoms. The molecular weight excluding hydrogens is 279 g/mol. The third kappa shape index (κ3) is 2.79. The standard InChI is InChI=1S/C16H16ClFO2/c1-9-6-11(7-10(2)16(9)20-3)15(19)13-8-12(17)4-5-14(13)18/h4-8,15,19H,1-3H3. The van der Waals surface area contributed by atoms with Crippen LogP contribution in [0.15, 0.2) is 30.3 Å². The van der Waals surface area contributed by atoms with E-state index in [2.05, 4.69) is 0 Å². The van der Waals surface area contributed by atoms with Gasteiger partial charge >= 0.3 is 0 Å². The number of aliphatic hydroxyl groups is 1. The number of aryl methyl sites for hydroxylation is 2. The first-order valence-corrected chi connectivity index (χ1v) is 6.60. The smallest absolute Gasteiger partial charge is 0.129 e. The molecule has 0 fully saturated rings. The van der Waals surface area contributed by atoms with E-state index >= 15 is 0 Å². The van der Waals surface area contributed by atoms with E-state index in [1.165, 1.54) is 18.2 Å². The van der Waals surface area contributed by atoms with E-state index in [9.17, 15) is 9.50 Å². The summed E-state index contributed by atoms with van der Waals surface area (Å²) in [6.45, 7) is 3.77. The molecule has 1 unspecified atom stereocenters. The number of ether oxygens (including phenoxy) is 1. The number of halogens is 2. The van der Waals surface area contributed by atoms with E-state index in [1.807, 2.05) is 13.8 Å². The normalized spacial score (nSPS) is 12.3. The van der Waals surface area contributed by atoms with Crippen LogP contribution in [0.5, 0.6) is 5.75 Å². The molecular formula is C16H16ClFO2. The lowest BCUT2D eigenvalue weighted by Gasteiger charge is -2.16. The molecule has 0 radical (unpaired) electrons. The molecule has 2 aromatic carbocycles. The van der Waals surface area contributed by atoms with Crippen molar-refractivity contribution in [1.29, 1.82) is 0 Å². The van der Waals surface area contributed by atoms with Gasteiger partial charge in [-0.3, -0.25) is 0 Å². The van der Waals surface area contributed by atoms with Gasteiger partial charge in [0, 0.05) is 10.6 Å². The van der Waals surface area contributed by atoms with Crippen LogP contribution in [0.4, 0.5) is 4.39 Å². The predicted octanol–water partition coefficient (Wildman–Crippen LogP) is 4.19. The molecule has 0 aliphatic rings. The first-order chi connectivity index (χ1) is 9.43. The minimum atomic E-state index is -1.06. The van der Waals surface area contributed by atoms with Gasteiger partial charge in [-0.15, -0.1) is 0 Å². The van der Waals surface area contributed by atoms with Gasteiger partial charge in [0.05, 0.1) is 7.11 Å². The summed E-state index contributed by atoms with van der Waals surface area (Å²) in [5.74, 6) is 0.292. The Bertz CT molecular complexity index is 617. The van der Waals surface area contributed by atoms with Crippen molar-refractivity contribution in [3.05, 3.63) is 63.4 Å². The number of methoxy groups -OCH3 is 1. The van der Waals surface area contributed by atoms with Crippen LogP contribution in [-0.4, -0.2) is 12.2 Å². The van der Waals surface area contributed by atoms with Gasteiger partial charge < -0.3 is 9.84 Å². The van der Waals surface area contributed by atoms with E-state index in [4.69, 9.17) is 16.3 Å². The van der Waals surface area contributed by atoms with Crippen molar-refractivity contribution in [2.75, 3.05) is 7.11 Å². The molecule has 0 bridgehead atoms. The van der Waals surface area contributed by atoms with E-state index in [0.29, 0.717) is 10.6 Å². The summed E-state index contributed by atoms with van der Waals surface area (Å²) in [6, 6.07) is 7.73. The van der Waals surface area contributed by atoms with E-state index in [1.54, 1.807) is 19.2 Å². The quantitative estimate of drug-likeness (QED) is 0.920. The minimum Gasteiger partial charge on any atom is -0.496 e. The van der Waals surface area contributed by atoms with Crippen LogP contribution in [0, 0.1) is 19.7 Å². The Morgan fingerprint density at radius 2 is 1.75 bits per heavy atom. The molecule has 2 nitrogen and oxygen atoms in total. The summed E-state index contributed by atoms with van der Waals surface area (Å²) >= 11 is 5.86.